The molecule has 0 fully saturated rings. The van der Waals surface area contributed by atoms with Gasteiger partial charge in [0.15, 0.2) is 0 Å². The Hall–Kier alpha value is -2.04. The number of aliphatic carboxylic acids is 1. The SMILES string of the molecule is COc1ccc(CCN(C)C(=O)C(=O)O)cc1. The normalized spacial score (nSPS) is 9.76. The molecule has 0 heterocycles. The Morgan fingerprint density at radius 1 is 1.29 bits per heavy atom. The highest BCUT2D eigenvalue weighted by Crippen LogP contribution is 2.11. The molecule has 0 atom stereocenters. The van der Waals surface area contributed by atoms with Crippen LogP contribution in [0, 0.1) is 0 Å². The highest BCUT2D eigenvalue weighted by atomic mass is 16.5. The number of methoxy groups -OCH3 is 1. The maximum Gasteiger partial charge on any atom is 0.394 e. The van der Waals surface area contributed by atoms with Crippen LogP contribution >= 0.6 is 0 Å². The first-order valence-corrected chi connectivity index (χ1v) is 5.16. The van der Waals surface area contributed by atoms with Gasteiger partial charge in [-0.25, -0.2) is 4.79 Å². The van der Waals surface area contributed by atoms with Crippen LogP contribution in [0.2, 0.25) is 0 Å². The minimum absolute atomic E-state index is 0.372. The Labute approximate surface area is 99.6 Å². The Balaban J connectivity index is 2.49. The summed E-state index contributed by atoms with van der Waals surface area (Å²) < 4.78 is 5.02. The fraction of sp³-hybridized carbons (Fsp3) is 0.333. The van der Waals surface area contributed by atoms with E-state index < -0.39 is 11.9 Å². The Kier molecular flexibility index (Phi) is 4.51. The molecular formula is C12H15NO4. The first-order valence-electron chi connectivity index (χ1n) is 5.16. The van der Waals surface area contributed by atoms with E-state index >= 15 is 0 Å². The molecular weight excluding hydrogens is 222 g/mol. The second-order valence-electron chi connectivity index (χ2n) is 3.63. The lowest BCUT2D eigenvalue weighted by molar-refractivity contribution is -0.155. The van der Waals surface area contributed by atoms with E-state index in [1.807, 2.05) is 24.3 Å². The zero-order chi connectivity index (χ0) is 12.8. The molecule has 0 saturated heterocycles. The minimum atomic E-state index is -1.43. The van der Waals surface area contributed by atoms with E-state index in [2.05, 4.69) is 0 Å². The first-order chi connectivity index (χ1) is 8.04. The summed E-state index contributed by atoms with van der Waals surface area (Å²) in [5.41, 5.74) is 1.02. The molecule has 1 aromatic carbocycles. The molecule has 1 rings (SSSR count). The molecule has 0 saturated carbocycles. The molecule has 0 aromatic heterocycles. The van der Waals surface area contributed by atoms with Gasteiger partial charge < -0.3 is 14.7 Å². The summed E-state index contributed by atoms with van der Waals surface area (Å²) in [7, 11) is 3.06. The van der Waals surface area contributed by atoms with Crippen LogP contribution in [-0.4, -0.2) is 42.6 Å². The van der Waals surface area contributed by atoms with E-state index in [0.717, 1.165) is 11.3 Å². The van der Waals surface area contributed by atoms with Crippen LogP contribution in [0.1, 0.15) is 5.56 Å². The number of amides is 1. The Bertz CT molecular complexity index is 399. The van der Waals surface area contributed by atoms with Crippen molar-refractivity contribution in [2.24, 2.45) is 0 Å². The van der Waals surface area contributed by atoms with E-state index in [0.29, 0.717) is 13.0 Å². The molecule has 0 bridgehead atoms. The molecule has 0 radical (unpaired) electrons. The molecule has 0 aliphatic heterocycles. The number of carbonyl (C=O) groups excluding carboxylic acids is 1. The molecule has 1 aromatic rings. The second kappa shape index (κ2) is 5.89. The molecule has 1 amide bonds. The molecule has 5 heteroatoms. The van der Waals surface area contributed by atoms with E-state index in [1.165, 1.54) is 11.9 Å². The molecule has 0 aliphatic rings. The van der Waals surface area contributed by atoms with E-state index in [-0.39, 0.29) is 0 Å². The van der Waals surface area contributed by atoms with Gasteiger partial charge in [0, 0.05) is 13.6 Å². The fourth-order valence-corrected chi connectivity index (χ4v) is 1.35. The number of rotatable bonds is 4. The van der Waals surface area contributed by atoms with Gasteiger partial charge in [-0.3, -0.25) is 4.79 Å². The highest BCUT2D eigenvalue weighted by Gasteiger charge is 2.16. The van der Waals surface area contributed by atoms with Crippen molar-refractivity contribution in [3.63, 3.8) is 0 Å². The van der Waals surface area contributed by atoms with Crippen LogP contribution in [-0.2, 0) is 16.0 Å². The minimum Gasteiger partial charge on any atom is -0.497 e. The fourth-order valence-electron chi connectivity index (χ4n) is 1.35. The summed E-state index contributed by atoms with van der Waals surface area (Å²) in [6, 6.07) is 7.43. The third-order valence-corrected chi connectivity index (χ3v) is 2.42. The summed E-state index contributed by atoms with van der Waals surface area (Å²) >= 11 is 0. The van der Waals surface area contributed by atoms with Gasteiger partial charge in [-0.2, -0.15) is 0 Å². The standard InChI is InChI=1S/C12H15NO4/c1-13(11(14)12(15)16)8-7-9-3-5-10(17-2)6-4-9/h3-6H,7-8H2,1-2H3,(H,15,16). The van der Waals surface area contributed by atoms with Crippen molar-refractivity contribution in [1.82, 2.24) is 4.90 Å². The van der Waals surface area contributed by atoms with E-state index in [9.17, 15) is 9.59 Å². The summed E-state index contributed by atoms with van der Waals surface area (Å²) in [4.78, 5) is 22.7. The van der Waals surface area contributed by atoms with Crippen molar-refractivity contribution in [2.45, 2.75) is 6.42 Å². The van der Waals surface area contributed by atoms with Crippen LogP contribution in [0.25, 0.3) is 0 Å². The summed E-state index contributed by atoms with van der Waals surface area (Å²) in [5.74, 6) is -1.55. The number of carbonyl (C=O) groups is 2. The van der Waals surface area contributed by atoms with Crippen molar-refractivity contribution < 1.29 is 19.4 Å². The predicted molar refractivity (Wildman–Crippen MR) is 62.0 cm³/mol. The summed E-state index contributed by atoms with van der Waals surface area (Å²) in [6.07, 6.45) is 0.611. The number of hydrogen-bond donors (Lipinski definition) is 1. The average molecular weight is 237 g/mol. The van der Waals surface area contributed by atoms with E-state index in [1.54, 1.807) is 7.11 Å². The van der Waals surface area contributed by atoms with Gasteiger partial charge in [0.1, 0.15) is 5.75 Å². The lowest BCUT2D eigenvalue weighted by Gasteiger charge is -2.14. The van der Waals surface area contributed by atoms with Gasteiger partial charge in [-0.05, 0) is 24.1 Å². The molecule has 0 aliphatic carbocycles. The largest absolute Gasteiger partial charge is 0.497 e. The quantitative estimate of drug-likeness (QED) is 0.786. The number of carboxylic acid groups (broad SMARTS) is 1. The third kappa shape index (κ3) is 3.79. The maximum absolute atomic E-state index is 11.1. The average Bonchev–Trinajstić information content (AvgIpc) is 2.35. The van der Waals surface area contributed by atoms with Crippen LogP contribution in [0.5, 0.6) is 5.75 Å². The monoisotopic (exact) mass is 237 g/mol. The number of benzene rings is 1. The van der Waals surface area contributed by atoms with Crippen LogP contribution in [0.4, 0.5) is 0 Å². The molecule has 5 nitrogen and oxygen atoms in total. The number of likely N-dealkylation sites (N-methyl/N-ethyl adjacent to an activating group) is 1. The number of carboxylic acids is 1. The Morgan fingerprint density at radius 3 is 2.35 bits per heavy atom. The zero-order valence-electron chi connectivity index (χ0n) is 9.84. The number of nitrogens with zero attached hydrogens (tertiary/aromatic N) is 1. The van der Waals surface area contributed by atoms with E-state index in [4.69, 9.17) is 9.84 Å². The van der Waals surface area contributed by atoms with Gasteiger partial charge in [0.05, 0.1) is 7.11 Å². The molecule has 0 unspecified atom stereocenters. The summed E-state index contributed by atoms with van der Waals surface area (Å²) in [6.45, 7) is 0.372. The molecule has 1 N–H and O–H groups in total. The van der Waals surface area contributed by atoms with Crippen LogP contribution < -0.4 is 4.74 Å². The van der Waals surface area contributed by atoms with Crippen LogP contribution in [0.3, 0.4) is 0 Å². The Morgan fingerprint density at radius 2 is 1.88 bits per heavy atom. The van der Waals surface area contributed by atoms with Gasteiger partial charge in [0.2, 0.25) is 0 Å². The van der Waals surface area contributed by atoms with Crippen molar-refractivity contribution in [3.05, 3.63) is 29.8 Å². The van der Waals surface area contributed by atoms with Gasteiger partial charge in [-0.1, -0.05) is 12.1 Å². The lowest BCUT2D eigenvalue weighted by Crippen LogP contribution is -2.34. The summed E-state index contributed by atoms with van der Waals surface area (Å²) in [5, 5.41) is 8.51. The zero-order valence-corrected chi connectivity index (χ0v) is 9.84. The van der Waals surface area contributed by atoms with Crippen molar-refractivity contribution in [1.29, 1.82) is 0 Å². The number of hydrogen-bond acceptors (Lipinski definition) is 3. The molecule has 92 valence electrons. The maximum atomic E-state index is 11.1. The smallest absolute Gasteiger partial charge is 0.394 e. The van der Waals surface area contributed by atoms with Crippen molar-refractivity contribution in [2.75, 3.05) is 20.7 Å². The highest BCUT2D eigenvalue weighted by molar-refractivity contribution is 6.31. The van der Waals surface area contributed by atoms with Crippen LogP contribution in [0.15, 0.2) is 24.3 Å². The topological polar surface area (TPSA) is 66.8 Å². The third-order valence-electron chi connectivity index (χ3n) is 2.42. The van der Waals surface area contributed by atoms with Crippen molar-refractivity contribution >= 4 is 11.9 Å². The van der Waals surface area contributed by atoms with Gasteiger partial charge in [0.25, 0.3) is 0 Å². The van der Waals surface area contributed by atoms with Gasteiger partial charge in [-0.15, -0.1) is 0 Å². The molecule has 17 heavy (non-hydrogen) atoms. The number of ether oxygens (including phenoxy) is 1. The van der Waals surface area contributed by atoms with Gasteiger partial charge >= 0.3 is 11.9 Å². The molecule has 0 spiro atoms. The van der Waals surface area contributed by atoms with Crippen molar-refractivity contribution in [3.8, 4) is 5.75 Å². The first kappa shape index (κ1) is 13.0. The predicted octanol–water partition coefficient (Wildman–Crippen LogP) is 0.781. The second-order valence-corrected chi connectivity index (χ2v) is 3.63. The lowest BCUT2D eigenvalue weighted by atomic mass is 10.1.